The number of rotatable bonds is 6. The third-order valence-corrected chi connectivity index (χ3v) is 4.09. The molecule has 4 nitrogen and oxygen atoms in total. The van der Waals surface area contributed by atoms with Crippen molar-refractivity contribution in [1.29, 1.82) is 0 Å². The van der Waals surface area contributed by atoms with Crippen molar-refractivity contribution in [3.63, 3.8) is 0 Å². The van der Waals surface area contributed by atoms with Gasteiger partial charge in [-0.15, -0.1) is 11.3 Å². The second kappa shape index (κ2) is 6.10. The van der Waals surface area contributed by atoms with Crippen LogP contribution in [0.15, 0.2) is 17.5 Å². The smallest absolute Gasteiger partial charge is 0.150 e. The maximum Gasteiger partial charge on any atom is 0.150 e. The highest BCUT2D eigenvalue weighted by Crippen LogP contribution is 2.28. The first kappa shape index (κ1) is 13.9. The van der Waals surface area contributed by atoms with Crippen molar-refractivity contribution in [2.24, 2.45) is 7.05 Å². The number of thiophene rings is 1. The molecular weight excluding hydrogens is 256 g/mol. The maximum atomic E-state index is 6.27. The molecule has 0 aliphatic rings. The molecule has 5 heteroatoms. The van der Waals surface area contributed by atoms with Gasteiger partial charge in [0.15, 0.2) is 5.82 Å². The van der Waals surface area contributed by atoms with Gasteiger partial charge in [-0.2, -0.15) is 5.10 Å². The number of nitrogens with zero attached hydrogens (tertiary/aromatic N) is 3. The Balaban J connectivity index is 2.27. The monoisotopic (exact) mass is 278 g/mol. The molecule has 0 radical (unpaired) electrons. The first-order chi connectivity index (χ1) is 9.17. The van der Waals surface area contributed by atoms with Crippen LogP contribution < -0.4 is 10.6 Å². The average molecular weight is 278 g/mol. The number of aromatic nitrogens is 2. The van der Waals surface area contributed by atoms with Crippen molar-refractivity contribution in [1.82, 2.24) is 9.78 Å². The second-order valence-electron chi connectivity index (χ2n) is 4.65. The van der Waals surface area contributed by atoms with E-state index in [-0.39, 0.29) is 0 Å². The fourth-order valence-corrected chi connectivity index (χ4v) is 3.03. The standard InChI is InChI=1S/C14H22N4S/c1-4-7-12-13(15)14(17(3)16-12)18(5-2)10-11-8-6-9-19-11/h6,8-9H,4-5,7,10,15H2,1-3H3. The van der Waals surface area contributed by atoms with Crippen molar-refractivity contribution < 1.29 is 0 Å². The number of nitrogens with two attached hydrogens (primary N) is 1. The van der Waals surface area contributed by atoms with Crippen molar-refractivity contribution in [3.05, 3.63) is 28.1 Å². The maximum absolute atomic E-state index is 6.27. The van der Waals surface area contributed by atoms with Gasteiger partial charge >= 0.3 is 0 Å². The van der Waals surface area contributed by atoms with E-state index < -0.39 is 0 Å². The van der Waals surface area contributed by atoms with Crippen LogP contribution in [0, 0.1) is 0 Å². The average Bonchev–Trinajstić information content (AvgIpc) is 2.98. The van der Waals surface area contributed by atoms with Crippen molar-refractivity contribution in [2.75, 3.05) is 17.2 Å². The minimum Gasteiger partial charge on any atom is -0.394 e. The van der Waals surface area contributed by atoms with E-state index in [1.54, 1.807) is 11.3 Å². The molecule has 104 valence electrons. The van der Waals surface area contributed by atoms with E-state index in [1.165, 1.54) is 4.88 Å². The number of hydrogen-bond acceptors (Lipinski definition) is 4. The molecule has 2 rings (SSSR count). The van der Waals surface area contributed by atoms with E-state index in [2.05, 4.69) is 41.4 Å². The highest BCUT2D eigenvalue weighted by Gasteiger charge is 2.18. The van der Waals surface area contributed by atoms with Crippen LogP contribution in [0.5, 0.6) is 0 Å². The molecule has 0 aromatic carbocycles. The van der Waals surface area contributed by atoms with E-state index >= 15 is 0 Å². The van der Waals surface area contributed by atoms with Gasteiger partial charge in [0.25, 0.3) is 0 Å². The molecule has 0 amide bonds. The summed E-state index contributed by atoms with van der Waals surface area (Å²) in [5, 5.41) is 6.66. The molecule has 0 atom stereocenters. The highest BCUT2D eigenvalue weighted by atomic mass is 32.1. The number of hydrogen-bond donors (Lipinski definition) is 1. The van der Waals surface area contributed by atoms with Gasteiger partial charge in [0, 0.05) is 18.5 Å². The lowest BCUT2D eigenvalue weighted by molar-refractivity contribution is 0.698. The second-order valence-corrected chi connectivity index (χ2v) is 5.68. The van der Waals surface area contributed by atoms with Crippen LogP contribution in [0.3, 0.4) is 0 Å². The SMILES string of the molecule is CCCc1nn(C)c(N(CC)Cc2cccs2)c1N. The zero-order valence-corrected chi connectivity index (χ0v) is 12.7. The lowest BCUT2D eigenvalue weighted by atomic mass is 10.2. The highest BCUT2D eigenvalue weighted by molar-refractivity contribution is 7.09. The van der Waals surface area contributed by atoms with Gasteiger partial charge in [-0.25, -0.2) is 0 Å². The predicted molar refractivity (Wildman–Crippen MR) is 82.7 cm³/mol. The Morgan fingerprint density at radius 2 is 2.21 bits per heavy atom. The van der Waals surface area contributed by atoms with Gasteiger partial charge in [0.1, 0.15) is 0 Å². The molecule has 0 saturated carbocycles. The van der Waals surface area contributed by atoms with E-state index in [4.69, 9.17) is 5.73 Å². The Morgan fingerprint density at radius 1 is 1.42 bits per heavy atom. The number of anilines is 2. The van der Waals surface area contributed by atoms with Crippen molar-refractivity contribution >= 4 is 22.8 Å². The van der Waals surface area contributed by atoms with Gasteiger partial charge in [0.2, 0.25) is 0 Å². The third-order valence-electron chi connectivity index (χ3n) is 3.22. The van der Waals surface area contributed by atoms with Gasteiger partial charge in [-0.05, 0) is 24.8 Å². The Bertz CT molecular complexity index is 516. The molecule has 2 N–H and O–H groups in total. The Kier molecular flexibility index (Phi) is 4.47. The minimum atomic E-state index is 0.836. The van der Waals surface area contributed by atoms with E-state index in [9.17, 15) is 0 Å². The van der Waals surface area contributed by atoms with Crippen LogP contribution >= 0.6 is 11.3 Å². The summed E-state index contributed by atoms with van der Waals surface area (Å²) < 4.78 is 1.91. The molecular formula is C14H22N4S. The summed E-state index contributed by atoms with van der Waals surface area (Å²) in [6, 6.07) is 4.25. The molecule has 0 aliphatic heterocycles. The molecule has 0 spiro atoms. The van der Waals surface area contributed by atoms with Crippen LogP contribution in [0.25, 0.3) is 0 Å². The van der Waals surface area contributed by atoms with Gasteiger partial charge in [0.05, 0.1) is 17.9 Å². The van der Waals surface area contributed by atoms with Gasteiger partial charge < -0.3 is 10.6 Å². The molecule has 0 aliphatic carbocycles. The van der Waals surface area contributed by atoms with Crippen LogP contribution in [0.4, 0.5) is 11.5 Å². The fourth-order valence-electron chi connectivity index (χ4n) is 2.31. The number of aryl methyl sites for hydroxylation is 2. The van der Waals surface area contributed by atoms with Crippen LogP contribution in [-0.4, -0.2) is 16.3 Å². The zero-order valence-electron chi connectivity index (χ0n) is 11.9. The van der Waals surface area contributed by atoms with Crippen LogP contribution in [0.2, 0.25) is 0 Å². The molecule has 0 unspecified atom stereocenters. The Morgan fingerprint density at radius 3 is 2.79 bits per heavy atom. The predicted octanol–water partition coefficient (Wildman–Crippen LogP) is 3.04. The summed E-state index contributed by atoms with van der Waals surface area (Å²) in [6.45, 7) is 6.12. The summed E-state index contributed by atoms with van der Waals surface area (Å²) in [4.78, 5) is 3.63. The molecule has 0 fully saturated rings. The number of nitrogen functional groups attached to an aromatic ring is 1. The Hall–Kier alpha value is -1.49. The topological polar surface area (TPSA) is 47.1 Å². The van der Waals surface area contributed by atoms with Crippen LogP contribution in [0.1, 0.15) is 30.8 Å². The van der Waals surface area contributed by atoms with E-state index in [0.717, 1.165) is 43.1 Å². The van der Waals surface area contributed by atoms with E-state index in [1.807, 2.05) is 11.7 Å². The zero-order chi connectivity index (χ0) is 13.8. The van der Waals surface area contributed by atoms with Crippen molar-refractivity contribution in [3.8, 4) is 0 Å². The Labute approximate surface area is 118 Å². The summed E-state index contributed by atoms with van der Waals surface area (Å²) in [5.74, 6) is 1.04. The summed E-state index contributed by atoms with van der Waals surface area (Å²) >= 11 is 1.78. The molecule has 0 saturated heterocycles. The van der Waals surface area contributed by atoms with Crippen molar-refractivity contribution in [2.45, 2.75) is 33.2 Å². The largest absolute Gasteiger partial charge is 0.394 e. The molecule has 0 bridgehead atoms. The fraction of sp³-hybridized carbons (Fsp3) is 0.500. The summed E-state index contributed by atoms with van der Waals surface area (Å²) in [5.41, 5.74) is 8.13. The van der Waals surface area contributed by atoms with E-state index in [0.29, 0.717) is 0 Å². The molecule has 2 heterocycles. The first-order valence-electron chi connectivity index (χ1n) is 6.76. The summed E-state index contributed by atoms with van der Waals surface area (Å²) in [7, 11) is 1.97. The molecule has 2 aromatic rings. The quantitative estimate of drug-likeness (QED) is 0.883. The lowest BCUT2D eigenvalue weighted by Gasteiger charge is -2.22. The van der Waals surface area contributed by atoms with Gasteiger partial charge in [-0.3, -0.25) is 4.68 Å². The minimum absolute atomic E-state index is 0.836. The first-order valence-corrected chi connectivity index (χ1v) is 7.64. The van der Waals surface area contributed by atoms with Gasteiger partial charge in [-0.1, -0.05) is 19.4 Å². The molecule has 2 aromatic heterocycles. The lowest BCUT2D eigenvalue weighted by Crippen LogP contribution is -2.24. The van der Waals surface area contributed by atoms with Crippen LogP contribution in [-0.2, 0) is 20.0 Å². The third kappa shape index (κ3) is 2.92. The molecule has 19 heavy (non-hydrogen) atoms. The normalized spacial score (nSPS) is 10.9. The summed E-state index contributed by atoms with van der Waals surface area (Å²) in [6.07, 6.45) is 2.01.